The van der Waals surface area contributed by atoms with E-state index >= 15 is 0 Å². The lowest BCUT2D eigenvalue weighted by Gasteiger charge is -2.23. The predicted molar refractivity (Wildman–Crippen MR) is 72.1 cm³/mol. The third kappa shape index (κ3) is 2.76. The molecule has 2 aromatic heterocycles. The number of hydrogen-bond donors (Lipinski definition) is 1. The Morgan fingerprint density at radius 1 is 1.50 bits per heavy atom. The molecule has 0 aliphatic carbocycles. The van der Waals surface area contributed by atoms with Crippen molar-refractivity contribution in [2.75, 3.05) is 18.0 Å². The zero-order chi connectivity index (χ0) is 13.1. The number of carbonyl (C=O) groups is 1. The van der Waals surface area contributed by atoms with Crippen molar-refractivity contribution in [3.05, 3.63) is 17.8 Å². The van der Waals surface area contributed by atoms with E-state index in [4.69, 9.17) is 5.11 Å². The Labute approximate surface area is 109 Å². The van der Waals surface area contributed by atoms with Crippen LogP contribution in [0.5, 0.6) is 0 Å². The van der Waals surface area contributed by atoms with Gasteiger partial charge in [-0.15, -0.1) is 11.3 Å². The molecule has 2 aromatic rings. The van der Waals surface area contributed by atoms with Crippen LogP contribution in [-0.4, -0.2) is 34.1 Å². The normalized spacial score (nSPS) is 11.1. The molecule has 0 unspecified atom stereocenters. The molecule has 6 heteroatoms. The lowest BCUT2D eigenvalue weighted by atomic mass is 10.2. The van der Waals surface area contributed by atoms with Gasteiger partial charge in [0.05, 0.1) is 10.2 Å². The van der Waals surface area contributed by atoms with Gasteiger partial charge in [-0.25, -0.2) is 9.97 Å². The fraction of sp³-hybridized carbons (Fsp3) is 0.417. The Morgan fingerprint density at radius 2 is 2.28 bits per heavy atom. The van der Waals surface area contributed by atoms with Gasteiger partial charge >= 0.3 is 5.97 Å². The Kier molecular flexibility index (Phi) is 3.76. The highest BCUT2D eigenvalue weighted by Gasteiger charge is 2.17. The summed E-state index contributed by atoms with van der Waals surface area (Å²) in [4.78, 5) is 21.2. The lowest BCUT2D eigenvalue weighted by Crippen LogP contribution is -2.33. The van der Waals surface area contributed by atoms with Gasteiger partial charge in [0.2, 0.25) is 0 Å². The van der Waals surface area contributed by atoms with Crippen molar-refractivity contribution in [1.29, 1.82) is 0 Å². The molecule has 96 valence electrons. The summed E-state index contributed by atoms with van der Waals surface area (Å²) in [5, 5.41) is 10.9. The van der Waals surface area contributed by atoms with Gasteiger partial charge in [-0.05, 0) is 17.4 Å². The van der Waals surface area contributed by atoms with Crippen LogP contribution in [0.15, 0.2) is 17.8 Å². The van der Waals surface area contributed by atoms with E-state index in [2.05, 4.69) is 23.8 Å². The monoisotopic (exact) mass is 265 g/mol. The number of anilines is 1. The van der Waals surface area contributed by atoms with Gasteiger partial charge in [-0.1, -0.05) is 13.8 Å². The second kappa shape index (κ2) is 5.30. The molecule has 0 aliphatic heterocycles. The summed E-state index contributed by atoms with van der Waals surface area (Å²) in [6.07, 6.45) is 1.49. The SMILES string of the molecule is CC(C)CN(CC(=O)O)c1ncnc2ccsc12. The first-order valence-corrected chi connectivity index (χ1v) is 6.61. The molecule has 0 radical (unpaired) electrons. The summed E-state index contributed by atoms with van der Waals surface area (Å²) < 4.78 is 0.944. The molecule has 0 saturated heterocycles. The van der Waals surface area contributed by atoms with E-state index in [0.29, 0.717) is 18.3 Å². The molecule has 2 rings (SSSR count). The van der Waals surface area contributed by atoms with Crippen LogP contribution < -0.4 is 4.90 Å². The zero-order valence-electron chi connectivity index (χ0n) is 10.3. The number of carboxylic acid groups (broad SMARTS) is 1. The summed E-state index contributed by atoms with van der Waals surface area (Å²) in [5.41, 5.74) is 0.865. The molecule has 0 atom stereocenters. The minimum absolute atomic E-state index is 0.0395. The second-order valence-electron chi connectivity index (χ2n) is 4.50. The van der Waals surface area contributed by atoms with Gasteiger partial charge in [0.1, 0.15) is 12.9 Å². The minimum Gasteiger partial charge on any atom is -0.480 e. The van der Waals surface area contributed by atoms with Crippen LogP contribution in [0, 0.1) is 5.92 Å². The van der Waals surface area contributed by atoms with Crippen LogP contribution in [0.4, 0.5) is 5.82 Å². The maximum absolute atomic E-state index is 11.0. The molecule has 0 aliphatic rings. The van der Waals surface area contributed by atoms with Crippen molar-refractivity contribution >= 4 is 33.3 Å². The maximum atomic E-state index is 11.0. The smallest absolute Gasteiger partial charge is 0.323 e. The molecule has 5 nitrogen and oxygen atoms in total. The van der Waals surface area contributed by atoms with Gasteiger partial charge in [0.25, 0.3) is 0 Å². The number of fused-ring (bicyclic) bond motifs is 1. The highest BCUT2D eigenvalue weighted by molar-refractivity contribution is 7.17. The Bertz CT molecular complexity index is 553. The van der Waals surface area contributed by atoms with E-state index in [1.807, 2.05) is 11.4 Å². The maximum Gasteiger partial charge on any atom is 0.323 e. The van der Waals surface area contributed by atoms with Gasteiger partial charge in [-0.2, -0.15) is 0 Å². The number of aliphatic carboxylic acids is 1. The molecule has 18 heavy (non-hydrogen) atoms. The first-order chi connectivity index (χ1) is 8.58. The average molecular weight is 265 g/mol. The highest BCUT2D eigenvalue weighted by atomic mass is 32.1. The van der Waals surface area contributed by atoms with E-state index in [1.165, 1.54) is 17.7 Å². The molecular weight excluding hydrogens is 250 g/mol. The summed E-state index contributed by atoms with van der Waals surface area (Å²) in [6, 6.07) is 1.92. The molecule has 0 bridgehead atoms. The first-order valence-electron chi connectivity index (χ1n) is 5.73. The molecule has 0 spiro atoms. The largest absolute Gasteiger partial charge is 0.480 e. The van der Waals surface area contributed by atoms with Crippen LogP contribution in [0.25, 0.3) is 10.2 Å². The van der Waals surface area contributed by atoms with Crippen molar-refractivity contribution in [1.82, 2.24) is 9.97 Å². The Morgan fingerprint density at radius 3 is 2.94 bits per heavy atom. The van der Waals surface area contributed by atoms with Crippen LogP contribution in [-0.2, 0) is 4.79 Å². The molecule has 2 heterocycles. The first kappa shape index (κ1) is 12.8. The quantitative estimate of drug-likeness (QED) is 0.898. The number of rotatable bonds is 5. The Hall–Kier alpha value is -1.69. The molecule has 0 aromatic carbocycles. The number of nitrogens with zero attached hydrogens (tertiary/aromatic N) is 3. The van der Waals surface area contributed by atoms with E-state index in [1.54, 1.807) is 4.90 Å². The van der Waals surface area contributed by atoms with E-state index in [-0.39, 0.29) is 6.54 Å². The third-order valence-electron chi connectivity index (χ3n) is 2.44. The molecule has 0 saturated carbocycles. The molecular formula is C12H15N3O2S. The molecule has 1 N–H and O–H groups in total. The minimum atomic E-state index is -0.848. The fourth-order valence-electron chi connectivity index (χ4n) is 1.83. The second-order valence-corrected chi connectivity index (χ2v) is 5.42. The zero-order valence-corrected chi connectivity index (χ0v) is 11.1. The average Bonchev–Trinajstić information content (AvgIpc) is 2.74. The van der Waals surface area contributed by atoms with Crippen LogP contribution >= 0.6 is 11.3 Å². The highest BCUT2D eigenvalue weighted by Crippen LogP contribution is 2.28. The van der Waals surface area contributed by atoms with Gasteiger partial charge in [0, 0.05) is 6.54 Å². The summed E-state index contributed by atoms with van der Waals surface area (Å²) in [5.74, 6) is 0.236. The van der Waals surface area contributed by atoms with E-state index in [9.17, 15) is 4.79 Å². The van der Waals surface area contributed by atoms with Gasteiger partial charge < -0.3 is 10.0 Å². The molecule has 0 fully saturated rings. The van der Waals surface area contributed by atoms with Crippen molar-refractivity contribution in [3.63, 3.8) is 0 Å². The number of hydrogen-bond acceptors (Lipinski definition) is 5. The Balaban J connectivity index is 2.39. The number of carboxylic acids is 1. The lowest BCUT2D eigenvalue weighted by molar-refractivity contribution is -0.135. The topological polar surface area (TPSA) is 66.3 Å². The van der Waals surface area contributed by atoms with Crippen LogP contribution in [0.1, 0.15) is 13.8 Å². The van der Waals surface area contributed by atoms with E-state index in [0.717, 1.165) is 10.2 Å². The third-order valence-corrected chi connectivity index (χ3v) is 3.34. The standard InChI is InChI=1S/C12H15N3O2S/c1-8(2)5-15(6-10(16)17)12-11-9(3-4-18-11)13-7-14-12/h3-4,7-8H,5-6H2,1-2H3,(H,16,17). The molecule has 0 amide bonds. The van der Waals surface area contributed by atoms with Gasteiger partial charge in [0.15, 0.2) is 5.82 Å². The number of aromatic nitrogens is 2. The van der Waals surface area contributed by atoms with Crippen molar-refractivity contribution in [2.24, 2.45) is 5.92 Å². The van der Waals surface area contributed by atoms with Crippen molar-refractivity contribution in [3.8, 4) is 0 Å². The summed E-state index contributed by atoms with van der Waals surface area (Å²) in [7, 11) is 0. The van der Waals surface area contributed by atoms with Crippen LogP contribution in [0.2, 0.25) is 0 Å². The predicted octanol–water partition coefficient (Wildman–Crippen LogP) is 2.24. The number of thiophene rings is 1. The van der Waals surface area contributed by atoms with E-state index < -0.39 is 5.97 Å². The van der Waals surface area contributed by atoms with Crippen molar-refractivity contribution < 1.29 is 9.90 Å². The van der Waals surface area contributed by atoms with Crippen LogP contribution in [0.3, 0.4) is 0 Å². The summed E-state index contributed by atoms with van der Waals surface area (Å²) >= 11 is 1.54. The van der Waals surface area contributed by atoms with Crippen molar-refractivity contribution in [2.45, 2.75) is 13.8 Å². The fourth-order valence-corrected chi connectivity index (χ4v) is 2.69. The summed E-state index contributed by atoms with van der Waals surface area (Å²) in [6.45, 7) is 4.74. The van der Waals surface area contributed by atoms with Gasteiger partial charge in [-0.3, -0.25) is 4.79 Å².